The Hall–Kier alpha value is -3.92. The van der Waals surface area contributed by atoms with Gasteiger partial charge in [-0.3, -0.25) is 4.79 Å². The van der Waals surface area contributed by atoms with E-state index in [9.17, 15) is 32.2 Å². The minimum Gasteiger partial charge on any atom is -0.508 e. The Balaban J connectivity index is 1.83. The summed E-state index contributed by atoms with van der Waals surface area (Å²) in [6.45, 7) is -0.199. The second kappa shape index (κ2) is 8.21. The van der Waals surface area contributed by atoms with Crippen LogP contribution in [0.1, 0.15) is 5.56 Å². The fraction of sp³-hybridized carbons (Fsp3) is 0.0870. The molecular formula is C23H16F2O7S. The van der Waals surface area contributed by atoms with Gasteiger partial charge < -0.3 is 19.4 Å². The minimum atomic E-state index is -3.40. The van der Waals surface area contributed by atoms with Crippen LogP contribution in [0.25, 0.3) is 22.3 Å². The first-order valence-corrected chi connectivity index (χ1v) is 11.3. The average molecular weight is 474 g/mol. The number of aromatic hydroxyl groups is 2. The lowest BCUT2D eigenvalue weighted by molar-refractivity contribution is 0.297. The van der Waals surface area contributed by atoms with E-state index in [2.05, 4.69) is 0 Å². The fourth-order valence-electron chi connectivity index (χ4n) is 3.22. The molecule has 170 valence electrons. The minimum absolute atomic E-state index is 0.0156. The maximum atomic E-state index is 13.9. The highest BCUT2D eigenvalue weighted by atomic mass is 32.2. The molecule has 4 aromatic rings. The van der Waals surface area contributed by atoms with Crippen LogP contribution >= 0.6 is 0 Å². The molecule has 33 heavy (non-hydrogen) atoms. The Morgan fingerprint density at radius 2 is 1.67 bits per heavy atom. The van der Waals surface area contributed by atoms with Crippen LogP contribution in [0.15, 0.2) is 68.7 Å². The first-order valence-electron chi connectivity index (χ1n) is 9.44. The summed E-state index contributed by atoms with van der Waals surface area (Å²) in [5.74, 6) is -3.86. The number of hydrogen-bond donors (Lipinski definition) is 2. The van der Waals surface area contributed by atoms with Crippen molar-refractivity contribution in [3.8, 4) is 28.6 Å². The molecule has 0 unspecified atom stereocenters. The zero-order valence-electron chi connectivity index (χ0n) is 17.0. The maximum Gasteiger partial charge on any atom is 0.239 e. The molecule has 0 saturated heterocycles. The lowest BCUT2D eigenvalue weighted by atomic mass is 10.1. The molecule has 7 nitrogen and oxygen atoms in total. The lowest BCUT2D eigenvalue weighted by Gasteiger charge is -2.13. The highest BCUT2D eigenvalue weighted by molar-refractivity contribution is 7.90. The van der Waals surface area contributed by atoms with Crippen molar-refractivity contribution in [2.45, 2.75) is 11.5 Å². The van der Waals surface area contributed by atoms with E-state index < -0.39 is 32.6 Å². The molecule has 0 aliphatic rings. The molecule has 2 N–H and O–H groups in total. The summed E-state index contributed by atoms with van der Waals surface area (Å²) in [7, 11) is -3.40. The van der Waals surface area contributed by atoms with Crippen molar-refractivity contribution in [2.24, 2.45) is 0 Å². The number of rotatable bonds is 5. The van der Waals surface area contributed by atoms with E-state index in [0.717, 1.165) is 30.5 Å². The predicted molar refractivity (Wildman–Crippen MR) is 115 cm³/mol. The summed E-state index contributed by atoms with van der Waals surface area (Å²) in [6, 6.07) is 10.6. The summed E-state index contributed by atoms with van der Waals surface area (Å²) in [5.41, 5.74) is -0.505. The van der Waals surface area contributed by atoms with E-state index in [0.29, 0.717) is 5.56 Å². The second-order valence-corrected chi connectivity index (χ2v) is 9.28. The van der Waals surface area contributed by atoms with E-state index in [-0.39, 0.29) is 45.3 Å². The number of benzene rings is 3. The smallest absolute Gasteiger partial charge is 0.239 e. The number of phenolic OH excluding ortho intramolecular Hbond substituents is 2. The SMILES string of the molecule is CS(=O)(=O)c1ccc(COc2c(-c3ccc(F)c(F)c3)oc3cc(O)cc(O)c3c2=O)cc1. The number of phenols is 2. The zero-order valence-corrected chi connectivity index (χ0v) is 17.8. The molecule has 0 saturated carbocycles. The highest BCUT2D eigenvalue weighted by Crippen LogP contribution is 2.36. The normalized spacial score (nSPS) is 11.6. The van der Waals surface area contributed by atoms with Crippen LogP contribution < -0.4 is 10.2 Å². The number of ether oxygens (including phenoxy) is 1. The molecule has 0 aliphatic carbocycles. The number of halogens is 2. The Morgan fingerprint density at radius 3 is 2.30 bits per heavy atom. The highest BCUT2D eigenvalue weighted by Gasteiger charge is 2.22. The molecule has 1 heterocycles. The molecule has 0 fully saturated rings. The molecule has 1 aromatic heterocycles. The third kappa shape index (κ3) is 4.37. The van der Waals surface area contributed by atoms with Gasteiger partial charge >= 0.3 is 0 Å². The summed E-state index contributed by atoms with van der Waals surface area (Å²) < 4.78 is 61.8. The number of sulfone groups is 1. The van der Waals surface area contributed by atoms with Crippen LogP contribution in [0, 0.1) is 11.6 Å². The Kier molecular flexibility index (Phi) is 5.54. The van der Waals surface area contributed by atoms with E-state index in [1.807, 2.05) is 0 Å². The van der Waals surface area contributed by atoms with E-state index in [4.69, 9.17) is 9.15 Å². The van der Waals surface area contributed by atoms with Crippen molar-refractivity contribution >= 4 is 20.8 Å². The second-order valence-electron chi connectivity index (χ2n) is 7.26. The van der Waals surface area contributed by atoms with Gasteiger partial charge in [-0.1, -0.05) is 12.1 Å². The van der Waals surface area contributed by atoms with E-state index >= 15 is 0 Å². The van der Waals surface area contributed by atoms with Crippen LogP contribution in [0.2, 0.25) is 0 Å². The maximum absolute atomic E-state index is 13.9. The fourth-order valence-corrected chi connectivity index (χ4v) is 3.85. The van der Waals surface area contributed by atoms with Gasteiger partial charge in [0, 0.05) is 24.0 Å². The topological polar surface area (TPSA) is 114 Å². The van der Waals surface area contributed by atoms with Gasteiger partial charge in [-0.15, -0.1) is 0 Å². The van der Waals surface area contributed by atoms with E-state index in [1.165, 1.54) is 30.3 Å². The van der Waals surface area contributed by atoms with Gasteiger partial charge in [-0.05, 0) is 35.9 Å². The monoisotopic (exact) mass is 474 g/mol. The van der Waals surface area contributed by atoms with Gasteiger partial charge in [0.25, 0.3) is 0 Å². The van der Waals surface area contributed by atoms with Gasteiger partial charge in [0.15, 0.2) is 27.2 Å². The Labute approximate surface area is 186 Å². The summed E-state index contributed by atoms with van der Waals surface area (Å²) in [6.07, 6.45) is 1.07. The van der Waals surface area contributed by atoms with Crippen molar-refractivity contribution in [3.63, 3.8) is 0 Å². The molecule has 0 aliphatic heterocycles. The average Bonchev–Trinajstić information content (AvgIpc) is 2.74. The number of hydrogen-bond acceptors (Lipinski definition) is 7. The molecule has 0 amide bonds. The lowest BCUT2D eigenvalue weighted by Crippen LogP contribution is -2.11. The Bertz CT molecular complexity index is 1540. The van der Waals surface area contributed by atoms with Crippen LogP contribution in [-0.2, 0) is 16.4 Å². The third-order valence-electron chi connectivity index (χ3n) is 4.83. The molecule has 10 heteroatoms. The molecule has 0 atom stereocenters. The largest absolute Gasteiger partial charge is 0.508 e. The zero-order chi connectivity index (χ0) is 23.9. The summed E-state index contributed by atoms with van der Waals surface area (Å²) in [5, 5.41) is 19.6. The van der Waals surface area contributed by atoms with Crippen molar-refractivity contribution in [2.75, 3.05) is 6.26 Å². The van der Waals surface area contributed by atoms with Gasteiger partial charge in [0.05, 0.1) is 4.90 Å². The quantitative estimate of drug-likeness (QED) is 0.447. The number of fused-ring (bicyclic) bond motifs is 1. The first-order chi connectivity index (χ1) is 15.5. The summed E-state index contributed by atoms with van der Waals surface area (Å²) in [4.78, 5) is 13.2. The molecule has 0 radical (unpaired) electrons. The van der Waals surface area contributed by atoms with Crippen molar-refractivity contribution in [1.82, 2.24) is 0 Å². The molecule has 4 rings (SSSR count). The van der Waals surface area contributed by atoms with Crippen LogP contribution in [0.5, 0.6) is 17.2 Å². The first kappa shape index (κ1) is 22.3. The van der Waals surface area contributed by atoms with E-state index in [1.54, 1.807) is 0 Å². The molecular weight excluding hydrogens is 458 g/mol. The van der Waals surface area contributed by atoms with Gasteiger partial charge in [-0.25, -0.2) is 17.2 Å². The third-order valence-corrected chi connectivity index (χ3v) is 5.96. The van der Waals surface area contributed by atoms with Crippen molar-refractivity contribution in [1.29, 1.82) is 0 Å². The van der Waals surface area contributed by atoms with Crippen LogP contribution in [0.4, 0.5) is 8.78 Å². The molecule has 0 bridgehead atoms. The van der Waals surface area contributed by atoms with Crippen molar-refractivity contribution < 1.29 is 36.6 Å². The summed E-state index contributed by atoms with van der Waals surface area (Å²) >= 11 is 0. The predicted octanol–water partition coefficient (Wildman–Crippen LogP) is 4.13. The van der Waals surface area contributed by atoms with Gasteiger partial charge in [-0.2, -0.15) is 0 Å². The molecule has 3 aromatic carbocycles. The van der Waals surface area contributed by atoms with Crippen LogP contribution in [0.3, 0.4) is 0 Å². The molecule has 0 spiro atoms. The van der Waals surface area contributed by atoms with Gasteiger partial charge in [0.2, 0.25) is 11.2 Å². The van der Waals surface area contributed by atoms with Crippen LogP contribution in [-0.4, -0.2) is 24.9 Å². The van der Waals surface area contributed by atoms with Crippen molar-refractivity contribution in [3.05, 3.63) is 82.0 Å². The van der Waals surface area contributed by atoms with Gasteiger partial charge in [0.1, 0.15) is 29.1 Å². The standard InChI is InChI=1S/C23H16F2O7S/c1-33(29,30)15-5-2-12(3-6-15)11-31-23-21(28)20-18(27)9-14(26)10-19(20)32-22(23)13-4-7-16(24)17(25)8-13/h2-10,26-27H,11H2,1H3. The Morgan fingerprint density at radius 1 is 0.970 bits per heavy atom.